The molecule has 104 valence electrons. The number of alkyl halides is 3. The van der Waals surface area contributed by atoms with Gasteiger partial charge in [-0.1, -0.05) is 12.5 Å². The predicted molar refractivity (Wildman–Crippen MR) is 62.7 cm³/mol. The van der Waals surface area contributed by atoms with E-state index >= 15 is 0 Å². The van der Waals surface area contributed by atoms with Gasteiger partial charge >= 0.3 is 6.18 Å². The first-order valence-electron chi connectivity index (χ1n) is 6.08. The molecular weight excluding hydrogens is 245 g/mol. The molecule has 1 rings (SSSR count). The van der Waals surface area contributed by atoms with Gasteiger partial charge in [0.05, 0.1) is 12.0 Å². The lowest BCUT2D eigenvalue weighted by Crippen LogP contribution is -2.47. The quantitative estimate of drug-likeness (QED) is 0.764. The van der Waals surface area contributed by atoms with Crippen molar-refractivity contribution in [2.75, 3.05) is 0 Å². The van der Waals surface area contributed by atoms with E-state index in [1.807, 2.05) is 0 Å². The van der Waals surface area contributed by atoms with Crippen LogP contribution in [0.25, 0.3) is 0 Å². The van der Waals surface area contributed by atoms with Gasteiger partial charge in [0, 0.05) is 6.04 Å². The minimum absolute atomic E-state index is 0.0456. The van der Waals surface area contributed by atoms with E-state index < -0.39 is 30.1 Å². The third-order valence-corrected chi connectivity index (χ3v) is 3.24. The van der Waals surface area contributed by atoms with Crippen LogP contribution < -0.4 is 11.1 Å². The van der Waals surface area contributed by atoms with Crippen molar-refractivity contribution in [1.29, 1.82) is 0 Å². The summed E-state index contributed by atoms with van der Waals surface area (Å²) in [6, 6.07) is -1.15. The summed E-state index contributed by atoms with van der Waals surface area (Å²) < 4.78 is 37.7. The average molecular weight is 264 g/mol. The molecule has 0 spiro atoms. The highest BCUT2D eigenvalue weighted by atomic mass is 19.4. The number of rotatable bonds is 4. The highest BCUT2D eigenvalue weighted by Crippen LogP contribution is 2.37. The van der Waals surface area contributed by atoms with Gasteiger partial charge in [-0.05, 0) is 25.7 Å². The third kappa shape index (κ3) is 4.33. The fourth-order valence-electron chi connectivity index (χ4n) is 2.21. The van der Waals surface area contributed by atoms with Crippen LogP contribution in [-0.4, -0.2) is 24.2 Å². The Morgan fingerprint density at radius 2 is 2.17 bits per heavy atom. The first-order valence-corrected chi connectivity index (χ1v) is 6.08. The molecule has 3 atom stereocenters. The van der Waals surface area contributed by atoms with E-state index in [1.165, 1.54) is 6.08 Å². The van der Waals surface area contributed by atoms with Gasteiger partial charge in [0.2, 0.25) is 5.91 Å². The summed E-state index contributed by atoms with van der Waals surface area (Å²) >= 11 is 0. The number of hydrogen-bond donors (Lipinski definition) is 2. The van der Waals surface area contributed by atoms with Gasteiger partial charge in [-0.25, -0.2) is 0 Å². The number of amides is 1. The molecule has 0 heterocycles. The van der Waals surface area contributed by atoms with Crippen molar-refractivity contribution in [2.45, 2.75) is 50.4 Å². The molecule has 1 saturated carbocycles. The van der Waals surface area contributed by atoms with E-state index in [1.54, 1.807) is 0 Å². The van der Waals surface area contributed by atoms with Crippen molar-refractivity contribution in [3.05, 3.63) is 12.7 Å². The third-order valence-electron chi connectivity index (χ3n) is 3.24. The zero-order chi connectivity index (χ0) is 13.8. The number of carbonyl (C=O) groups is 1. The summed E-state index contributed by atoms with van der Waals surface area (Å²) in [6.07, 6.45) is -1.17. The highest BCUT2D eigenvalue weighted by molar-refractivity contribution is 5.81. The highest BCUT2D eigenvalue weighted by Gasteiger charge is 2.42. The molecule has 1 aliphatic carbocycles. The van der Waals surface area contributed by atoms with E-state index in [0.717, 1.165) is 0 Å². The second-order valence-corrected chi connectivity index (χ2v) is 4.74. The van der Waals surface area contributed by atoms with Crippen molar-refractivity contribution >= 4 is 5.91 Å². The second-order valence-electron chi connectivity index (χ2n) is 4.74. The lowest BCUT2D eigenvalue weighted by Gasteiger charge is -2.31. The van der Waals surface area contributed by atoms with Crippen molar-refractivity contribution < 1.29 is 18.0 Å². The summed E-state index contributed by atoms with van der Waals surface area (Å²) in [5.74, 6) is -1.71. The van der Waals surface area contributed by atoms with Gasteiger partial charge in [0.15, 0.2) is 0 Å². The fraction of sp³-hybridized carbons (Fsp3) is 0.750. The SMILES string of the molecule is C=CCC(N)C(=O)NC1CCCC(C(F)(F)F)C1. The van der Waals surface area contributed by atoms with E-state index in [-0.39, 0.29) is 12.8 Å². The molecule has 3 nitrogen and oxygen atoms in total. The van der Waals surface area contributed by atoms with E-state index in [2.05, 4.69) is 11.9 Å². The molecule has 1 fully saturated rings. The number of nitrogens with one attached hydrogen (secondary N) is 1. The molecule has 0 radical (unpaired) electrons. The molecule has 3 N–H and O–H groups in total. The Morgan fingerprint density at radius 1 is 1.50 bits per heavy atom. The molecule has 0 aromatic rings. The van der Waals surface area contributed by atoms with Gasteiger partial charge in [0.1, 0.15) is 0 Å². The van der Waals surface area contributed by atoms with Gasteiger partial charge in [-0.15, -0.1) is 6.58 Å². The smallest absolute Gasteiger partial charge is 0.352 e. The van der Waals surface area contributed by atoms with Crippen molar-refractivity contribution in [3.63, 3.8) is 0 Å². The summed E-state index contributed by atoms with van der Waals surface area (Å²) in [5, 5.41) is 2.59. The Labute approximate surface area is 105 Å². The second kappa shape index (κ2) is 6.22. The average Bonchev–Trinajstić information content (AvgIpc) is 2.28. The van der Waals surface area contributed by atoms with Crippen LogP contribution in [0, 0.1) is 5.92 Å². The standard InChI is InChI=1S/C12H19F3N2O/c1-2-4-10(16)11(18)17-9-6-3-5-8(7-9)12(13,14)15/h2,8-10H,1,3-7,16H2,(H,17,18). The molecule has 1 amide bonds. The topological polar surface area (TPSA) is 55.1 Å². The molecule has 18 heavy (non-hydrogen) atoms. The molecular formula is C12H19F3N2O. The minimum atomic E-state index is -4.17. The first-order chi connectivity index (χ1) is 8.34. The molecule has 0 aromatic carbocycles. The summed E-state index contributed by atoms with van der Waals surface area (Å²) in [4.78, 5) is 11.6. The largest absolute Gasteiger partial charge is 0.391 e. The fourth-order valence-corrected chi connectivity index (χ4v) is 2.21. The lowest BCUT2D eigenvalue weighted by atomic mass is 9.85. The summed E-state index contributed by atoms with van der Waals surface area (Å²) in [6.45, 7) is 3.47. The van der Waals surface area contributed by atoms with E-state index in [4.69, 9.17) is 5.73 Å². The van der Waals surface area contributed by atoms with Crippen molar-refractivity contribution in [3.8, 4) is 0 Å². The molecule has 6 heteroatoms. The molecule has 0 saturated heterocycles. The van der Waals surface area contributed by atoms with Gasteiger partial charge in [-0.2, -0.15) is 13.2 Å². The number of halogens is 3. The normalized spacial score (nSPS) is 26.4. The summed E-state index contributed by atoms with van der Waals surface area (Å²) in [5.41, 5.74) is 5.56. The number of carbonyl (C=O) groups excluding carboxylic acids is 1. The Bertz CT molecular complexity index is 304. The number of nitrogens with two attached hydrogens (primary N) is 1. The predicted octanol–water partition coefficient (Wildman–Crippen LogP) is 2.13. The number of hydrogen-bond acceptors (Lipinski definition) is 2. The monoisotopic (exact) mass is 264 g/mol. The molecule has 0 aliphatic heterocycles. The zero-order valence-corrected chi connectivity index (χ0v) is 10.2. The van der Waals surface area contributed by atoms with Gasteiger partial charge < -0.3 is 11.1 Å². The van der Waals surface area contributed by atoms with E-state index in [0.29, 0.717) is 19.3 Å². The van der Waals surface area contributed by atoms with Crippen LogP contribution in [0.4, 0.5) is 13.2 Å². The summed E-state index contributed by atoms with van der Waals surface area (Å²) in [7, 11) is 0. The van der Waals surface area contributed by atoms with Crippen LogP contribution in [0.3, 0.4) is 0 Å². The molecule has 0 bridgehead atoms. The van der Waals surface area contributed by atoms with Crippen LogP contribution in [0.1, 0.15) is 32.1 Å². The maximum atomic E-state index is 12.6. The molecule has 1 aliphatic rings. The van der Waals surface area contributed by atoms with Gasteiger partial charge in [-0.3, -0.25) is 4.79 Å². The zero-order valence-electron chi connectivity index (χ0n) is 10.2. The Balaban J connectivity index is 2.47. The Hall–Kier alpha value is -1.04. The van der Waals surface area contributed by atoms with Crippen LogP contribution in [-0.2, 0) is 4.79 Å². The Morgan fingerprint density at radius 3 is 2.72 bits per heavy atom. The minimum Gasteiger partial charge on any atom is -0.352 e. The van der Waals surface area contributed by atoms with Crippen LogP contribution >= 0.6 is 0 Å². The Kier molecular flexibility index (Phi) is 5.19. The lowest BCUT2D eigenvalue weighted by molar-refractivity contribution is -0.184. The van der Waals surface area contributed by atoms with Crippen molar-refractivity contribution in [2.24, 2.45) is 11.7 Å². The van der Waals surface area contributed by atoms with Crippen molar-refractivity contribution in [1.82, 2.24) is 5.32 Å². The van der Waals surface area contributed by atoms with Gasteiger partial charge in [0.25, 0.3) is 0 Å². The maximum Gasteiger partial charge on any atom is 0.391 e. The van der Waals surface area contributed by atoms with Crippen LogP contribution in [0.5, 0.6) is 0 Å². The maximum absolute atomic E-state index is 12.6. The van der Waals surface area contributed by atoms with Crippen LogP contribution in [0.2, 0.25) is 0 Å². The first kappa shape index (κ1) is 15.0. The van der Waals surface area contributed by atoms with E-state index in [9.17, 15) is 18.0 Å². The molecule has 3 unspecified atom stereocenters. The molecule has 0 aromatic heterocycles. The van der Waals surface area contributed by atoms with Crippen LogP contribution in [0.15, 0.2) is 12.7 Å².